The summed E-state index contributed by atoms with van der Waals surface area (Å²) in [7, 11) is 0. The van der Waals surface area contributed by atoms with Crippen LogP contribution in [-0.4, -0.2) is 58.7 Å². The number of hydrogen-bond donors (Lipinski definition) is 1. The van der Waals surface area contributed by atoms with Crippen LogP contribution in [0.3, 0.4) is 0 Å². The van der Waals surface area contributed by atoms with E-state index < -0.39 is 0 Å². The number of aromatic nitrogens is 3. The summed E-state index contributed by atoms with van der Waals surface area (Å²) in [5, 5.41) is 1.08. The molecule has 0 spiro atoms. The number of hydrogen-bond acceptors (Lipinski definition) is 5. The highest BCUT2D eigenvalue weighted by Gasteiger charge is 2.23. The van der Waals surface area contributed by atoms with Gasteiger partial charge in [0.1, 0.15) is 5.65 Å². The summed E-state index contributed by atoms with van der Waals surface area (Å²) in [6, 6.07) is 8.09. The molecule has 134 valence electrons. The summed E-state index contributed by atoms with van der Waals surface area (Å²) in [4.78, 5) is 28.0. The Hall–Kier alpha value is -3.09. The smallest absolute Gasteiger partial charge is 0.409 e. The second-order valence-electron chi connectivity index (χ2n) is 6.19. The Kier molecular flexibility index (Phi) is 4.43. The fourth-order valence-electron chi connectivity index (χ4n) is 3.31. The van der Waals surface area contributed by atoms with Gasteiger partial charge in [0.15, 0.2) is 0 Å². The maximum Gasteiger partial charge on any atom is 0.409 e. The molecule has 0 aromatic carbocycles. The van der Waals surface area contributed by atoms with Crippen molar-refractivity contribution in [1.82, 2.24) is 19.9 Å². The fraction of sp³-hybridized carbons (Fsp3) is 0.316. The Bertz CT molecular complexity index is 901. The number of pyridine rings is 2. The zero-order valence-electron chi connectivity index (χ0n) is 14.7. The summed E-state index contributed by atoms with van der Waals surface area (Å²) in [6.07, 6.45) is 5.19. The standard InChI is InChI=1S/C19H21N5O2/c1-2-26-19(25)24-10-8-23(9-11-24)17-5-7-21-18-15(17)12-16(22-18)14-4-3-6-20-13-14/h3-7,12-13H,2,8-11H2,1H3,(H,21,22). The molecule has 26 heavy (non-hydrogen) atoms. The van der Waals surface area contributed by atoms with E-state index in [-0.39, 0.29) is 6.09 Å². The molecule has 4 rings (SSSR count). The Morgan fingerprint density at radius 2 is 2.08 bits per heavy atom. The number of ether oxygens (including phenoxy) is 1. The van der Waals surface area contributed by atoms with Crippen LogP contribution in [0.1, 0.15) is 6.92 Å². The average molecular weight is 351 g/mol. The monoisotopic (exact) mass is 351 g/mol. The van der Waals surface area contributed by atoms with Gasteiger partial charge in [-0.2, -0.15) is 0 Å². The predicted octanol–water partition coefficient (Wildman–Crippen LogP) is 2.90. The molecule has 0 aliphatic carbocycles. The van der Waals surface area contributed by atoms with Crippen LogP contribution in [0.5, 0.6) is 0 Å². The predicted molar refractivity (Wildman–Crippen MR) is 100 cm³/mol. The van der Waals surface area contributed by atoms with E-state index in [1.807, 2.05) is 37.5 Å². The van der Waals surface area contributed by atoms with Crippen LogP contribution in [0.2, 0.25) is 0 Å². The number of aromatic amines is 1. The second kappa shape index (κ2) is 7.03. The molecule has 0 atom stereocenters. The Morgan fingerprint density at radius 3 is 2.81 bits per heavy atom. The molecule has 7 heteroatoms. The van der Waals surface area contributed by atoms with E-state index in [9.17, 15) is 4.79 Å². The molecule has 1 aliphatic rings. The maximum absolute atomic E-state index is 11.9. The van der Waals surface area contributed by atoms with Gasteiger partial charge >= 0.3 is 6.09 Å². The third-order valence-electron chi connectivity index (χ3n) is 4.63. The van der Waals surface area contributed by atoms with E-state index in [2.05, 4.69) is 25.9 Å². The molecule has 1 aliphatic heterocycles. The van der Waals surface area contributed by atoms with Gasteiger partial charge < -0.3 is 19.5 Å². The number of piperazine rings is 1. The lowest BCUT2D eigenvalue weighted by Gasteiger charge is -2.35. The summed E-state index contributed by atoms with van der Waals surface area (Å²) in [5.74, 6) is 0. The summed E-state index contributed by atoms with van der Waals surface area (Å²) < 4.78 is 5.09. The molecule has 0 saturated carbocycles. The van der Waals surface area contributed by atoms with E-state index in [4.69, 9.17) is 4.74 Å². The van der Waals surface area contributed by atoms with E-state index in [1.54, 1.807) is 11.1 Å². The molecule has 0 unspecified atom stereocenters. The van der Waals surface area contributed by atoms with Crippen molar-refractivity contribution >= 4 is 22.8 Å². The van der Waals surface area contributed by atoms with Crippen LogP contribution < -0.4 is 4.90 Å². The van der Waals surface area contributed by atoms with Crippen molar-refractivity contribution in [2.45, 2.75) is 6.92 Å². The average Bonchev–Trinajstić information content (AvgIpc) is 3.13. The Morgan fingerprint density at radius 1 is 1.23 bits per heavy atom. The topological polar surface area (TPSA) is 74.3 Å². The van der Waals surface area contributed by atoms with Crippen molar-refractivity contribution in [3.05, 3.63) is 42.9 Å². The quantitative estimate of drug-likeness (QED) is 0.785. The molecular formula is C19H21N5O2. The molecule has 0 bridgehead atoms. The van der Waals surface area contributed by atoms with E-state index in [1.165, 1.54) is 0 Å². The van der Waals surface area contributed by atoms with E-state index in [0.717, 1.165) is 41.1 Å². The van der Waals surface area contributed by atoms with Gasteiger partial charge in [0.2, 0.25) is 0 Å². The first-order valence-electron chi connectivity index (χ1n) is 8.81. The van der Waals surface area contributed by atoms with Crippen molar-refractivity contribution in [2.75, 3.05) is 37.7 Å². The highest BCUT2D eigenvalue weighted by molar-refractivity contribution is 5.93. The number of anilines is 1. The van der Waals surface area contributed by atoms with Crippen LogP contribution >= 0.6 is 0 Å². The van der Waals surface area contributed by atoms with Crippen LogP contribution in [0, 0.1) is 0 Å². The third kappa shape index (κ3) is 3.08. The van der Waals surface area contributed by atoms with E-state index in [0.29, 0.717) is 19.7 Å². The number of H-pyrrole nitrogens is 1. The lowest BCUT2D eigenvalue weighted by Crippen LogP contribution is -2.49. The second-order valence-corrected chi connectivity index (χ2v) is 6.19. The first-order valence-corrected chi connectivity index (χ1v) is 8.81. The number of carbonyl (C=O) groups excluding carboxylic acids is 1. The van der Waals surface area contributed by atoms with E-state index >= 15 is 0 Å². The summed E-state index contributed by atoms with van der Waals surface area (Å²) in [5.41, 5.74) is 4.01. The highest BCUT2D eigenvalue weighted by Crippen LogP contribution is 2.30. The molecular weight excluding hydrogens is 330 g/mol. The molecule has 4 heterocycles. The van der Waals surface area contributed by atoms with Gasteiger partial charge in [0, 0.05) is 67.1 Å². The van der Waals surface area contributed by atoms with Gasteiger partial charge in [0.25, 0.3) is 0 Å². The van der Waals surface area contributed by atoms with Gasteiger partial charge in [-0.15, -0.1) is 0 Å². The summed E-state index contributed by atoms with van der Waals surface area (Å²) >= 11 is 0. The Balaban J connectivity index is 1.58. The normalized spacial score (nSPS) is 14.7. The first-order chi connectivity index (χ1) is 12.8. The fourth-order valence-corrected chi connectivity index (χ4v) is 3.31. The lowest BCUT2D eigenvalue weighted by molar-refractivity contribution is 0.105. The van der Waals surface area contributed by atoms with Crippen LogP contribution in [0.4, 0.5) is 10.5 Å². The third-order valence-corrected chi connectivity index (χ3v) is 4.63. The largest absolute Gasteiger partial charge is 0.450 e. The number of nitrogens with zero attached hydrogens (tertiary/aromatic N) is 4. The minimum Gasteiger partial charge on any atom is -0.450 e. The van der Waals surface area contributed by atoms with Crippen molar-refractivity contribution < 1.29 is 9.53 Å². The molecule has 0 radical (unpaired) electrons. The zero-order chi connectivity index (χ0) is 17.9. The molecule has 3 aromatic heterocycles. The molecule has 1 saturated heterocycles. The van der Waals surface area contributed by atoms with Crippen molar-refractivity contribution in [1.29, 1.82) is 0 Å². The zero-order valence-corrected chi connectivity index (χ0v) is 14.7. The molecule has 3 aromatic rings. The molecule has 7 nitrogen and oxygen atoms in total. The van der Waals surface area contributed by atoms with Crippen molar-refractivity contribution in [3.8, 4) is 11.3 Å². The molecule has 1 amide bonds. The van der Waals surface area contributed by atoms with Crippen LogP contribution in [0.25, 0.3) is 22.3 Å². The van der Waals surface area contributed by atoms with Crippen LogP contribution in [0.15, 0.2) is 42.9 Å². The van der Waals surface area contributed by atoms with Crippen molar-refractivity contribution in [2.24, 2.45) is 0 Å². The number of rotatable bonds is 3. The maximum atomic E-state index is 11.9. The van der Waals surface area contributed by atoms with Gasteiger partial charge in [-0.05, 0) is 31.2 Å². The minimum atomic E-state index is -0.229. The first kappa shape index (κ1) is 16.4. The number of fused-ring (bicyclic) bond motifs is 1. The van der Waals surface area contributed by atoms with Gasteiger partial charge in [0.05, 0.1) is 6.61 Å². The SMILES string of the molecule is CCOC(=O)N1CCN(c2ccnc3[nH]c(-c4cccnc4)cc23)CC1. The summed E-state index contributed by atoms with van der Waals surface area (Å²) in [6.45, 7) is 5.08. The van der Waals surface area contributed by atoms with Gasteiger partial charge in [-0.25, -0.2) is 9.78 Å². The van der Waals surface area contributed by atoms with Gasteiger partial charge in [-0.3, -0.25) is 4.98 Å². The lowest BCUT2D eigenvalue weighted by atomic mass is 10.2. The molecule has 1 fully saturated rings. The van der Waals surface area contributed by atoms with Crippen molar-refractivity contribution in [3.63, 3.8) is 0 Å². The number of nitrogens with one attached hydrogen (secondary N) is 1. The Labute approximate surface area is 151 Å². The van der Waals surface area contributed by atoms with Gasteiger partial charge in [-0.1, -0.05) is 0 Å². The number of amides is 1. The number of carbonyl (C=O) groups is 1. The highest BCUT2D eigenvalue weighted by atomic mass is 16.6. The minimum absolute atomic E-state index is 0.229. The molecule has 1 N–H and O–H groups in total. The van der Waals surface area contributed by atoms with Crippen LogP contribution in [-0.2, 0) is 4.74 Å².